The molecule has 1 atom stereocenters. The normalized spacial score (nSPS) is 12.1. The highest BCUT2D eigenvalue weighted by atomic mass is 16.3. The van der Waals surface area contributed by atoms with Gasteiger partial charge in [-0.1, -0.05) is 42.5 Å². The van der Waals surface area contributed by atoms with E-state index in [4.69, 9.17) is 0 Å². The second-order valence-corrected chi connectivity index (χ2v) is 5.31. The van der Waals surface area contributed by atoms with Crippen LogP contribution in [0.4, 0.5) is 5.69 Å². The lowest BCUT2D eigenvalue weighted by Crippen LogP contribution is -2.25. The molecule has 0 saturated heterocycles. The highest BCUT2D eigenvalue weighted by Gasteiger charge is 2.15. The molecule has 0 aliphatic carbocycles. The molecule has 2 aromatic carbocycles. The molecule has 0 saturated carbocycles. The van der Waals surface area contributed by atoms with Crippen LogP contribution in [0.3, 0.4) is 0 Å². The third-order valence-corrected chi connectivity index (χ3v) is 3.77. The average molecular weight is 325 g/mol. The van der Waals surface area contributed by atoms with E-state index in [1.54, 1.807) is 30.5 Å². The van der Waals surface area contributed by atoms with Gasteiger partial charge in [0.25, 0.3) is 5.91 Å². The first-order valence-corrected chi connectivity index (χ1v) is 8.06. The molecular formula is C19H23N3O2. The zero-order valence-corrected chi connectivity index (χ0v) is 14.0. The van der Waals surface area contributed by atoms with Gasteiger partial charge >= 0.3 is 0 Å². The van der Waals surface area contributed by atoms with Crippen LogP contribution in [0.1, 0.15) is 31.1 Å². The molecule has 5 nitrogen and oxygen atoms in total. The van der Waals surface area contributed by atoms with Gasteiger partial charge in [-0.3, -0.25) is 4.79 Å². The van der Waals surface area contributed by atoms with Gasteiger partial charge in [-0.15, -0.1) is 0 Å². The second-order valence-electron chi connectivity index (χ2n) is 5.31. The van der Waals surface area contributed by atoms with E-state index in [-0.39, 0.29) is 0 Å². The van der Waals surface area contributed by atoms with E-state index < -0.39 is 12.0 Å². The molecule has 0 aliphatic rings. The van der Waals surface area contributed by atoms with E-state index >= 15 is 0 Å². The minimum absolute atomic E-state index is 0.536. The summed E-state index contributed by atoms with van der Waals surface area (Å²) in [5.41, 5.74) is 4.92. The van der Waals surface area contributed by atoms with E-state index in [9.17, 15) is 9.90 Å². The summed E-state index contributed by atoms with van der Waals surface area (Å²) in [6.45, 7) is 6.15. The van der Waals surface area contributed by atoms with Crippen molar-refractivity contribution < 1.29 is 9.90 Å². The van der Waals surface area contributed by atoms with Gasteiger partial charge in [0.05, 0.1) is 6.21 Å². The van der Waals surface area contributed by atoms with Crippen molar-refractivity contribution in [2.75, 3.05) is 18.0 Å². The number of hydrazone groups is 1. The molecule has 2 rings (SSSR count). The van der Waals surface area contributed by atoms with Crippen molar-refractivity contribution in [2.45, 2.75) is 20.0 Å². The Morgan fingerprint density at radius 1 is 1.12 bits per heavy atom. The Morgan fingerprint density at radius 2 is 1.75 bits per heavy atom. The van der Waals surface area contributed by atoms with Crippen LogP contribution in [-0.2, 0) is 4.79 Å². The smallest absolute Gasteiger partial charge is 0.273 e. The molecule has 126 valence electrons. The van der Waals surface area contributed by atoms with Gasteiger partial charge in [-0.2, -0.15) is 5.10 Å². The Hall–Kier alpha value is -2.66. The van der Waals surface area contributed by atoms with Crippen molar-refractivity contribution in [3.8, 4) is 0 Å². The molecule has 2 aromatic rings. The first-order chi connectivity index (χ1) is 11.7. The first kappa shape index (κ1) is 17.7. The fourth-order valence-corrected chi connectivity index (χ4v) is 2.38. The molecule has 0 bridgehead atoms. The van der Waals surface area contributed by atoms with Crippen LogP contribution in [0.15, 0.2) is 59.7 Å². The van der Waals surface area contributed by atoms with Crippen molar-refractivity contribution in [3.63, 3.8) is 0 Å². The van der Waals surface area contributed by atoms with Crippen LogP contribution < -0.4 is 10.3 Å². The molecule has 0 radical (unpaired) electrons. The Balaban J connectivity index is 1.93. The van der Waals surface area contributed by atoms with Crippen molar-refractivity contribution in [2.24, 2.45) is 5.10 Å². The quantitative estimate of drug-likeness (QED) is 0.608. The Morgan fingerprint density at radius 3 is 2.33 bits per heavy atom. The van der Waals surface area contributed by atoms with Gasteiger partial charge < -0.3 is 10.0 Å². The molecule has 24 heavy (non-hydrogen) atoms. The second kappa shape index (κ2) is 8.84. The molecule has 1 unspecified atom stereocenters. The summed E-state index contributed by atoms with van der Waals surface area (Å²) in [5.74, 6) is -0.558. The van der Waals surface area contributed by atoms with Gasteiger partial charge in [0.1, 0.15) is 0 Å². The Labute approximate surface area is 142 Å². The van der Waals surface area contributed by atoms with Crippen LogP contribution in [0.5, 0.6) is 0 Å². The summed E-state index contributed by atoms with van der Waals surface area (Å²) in [6.07, 6.45) is 0.329. The lowest BCUT2D eigenvalue weighted by atomic mass is 10.1. The summed E-state index contributed by atoms with van der Waals surface area (Å²) in [5, 5.41) is 13.9. The number of carbonyl (C=O) groups excluding carboxylic acids is 1. The van der Waals surface area contributed by atoms with Crippen molar-refractivity contribution >= 4 is 17.8 Å². The summed E-state index contributed by atoms with van der Waals surface area (Å²) in [6, 6.07) is 16.7. The summed E-state index contributed by atoms with van der Waals surface area (Å²) in [7, 11) is 0. The summed E-state index contributed by atoms with van der Waals surface area (Å²) in [4.78, 5) is 14.1. The Bertz CT molecular complexity index is 665. The third-order valence-electron chi connectivity index (χ3n) is 3.77. The molecule has 1 amide bonds. The number of aliphatic hydroxyl groups is 1. The van der Waals surface area contributed by atoms with Crippen LogP contribution in [0.2, 0.25) is 0 Å². The highest BCUT2D eigenvalue weighted by Crippen LogP contribution is 2.14. The third kappa shape index (κ3) is 4.67. The number of aliphatic hydroxyl groups excluding tert-OH is 1. The average Bonchev–Trinajstić information content (AvgIpc) is 2.64. The monoisotopic (exact) mass is 325 g/mol. The molecule has 0 aromatic heterocycles. The lowest BCUT2D eigenvalue weighted by molar-refractivity contribution is -0.129. The van der Waals surface area contributed by atoms with E-state index in [2.05, 4.69) is 29.3 Å². The van der Waals surface area contributed by atoms with Gasteiger partial charge in [-0.05, 0) is 37.1 Å². The van der Waals surface area contributed by atoms with E-state index in [0.717, 1.165) is 24.3 Å². The highest BCUT2D eigenvalue weighted by molar-refractivity contribution is 5.85. The zero-order valence-electron chi connectivity index (χ0n) is 14.0. The van der Waals surface area contributed by atoms with Gasteiger partial charge in [-0.25, -0.2) is 5.43 Å². The number of carbonyl (C=O) groups is 1. The van der Waals surface area contributed by atoms with Crippen molar-refractivity contribution in [3.05, 3.63) is 65.7 Å². The largest absolute Gasteiger partial charge is 0.378 e. The van der Waals surface area contributed by atoms with Crippen molar-refractivity contribution in [1.29, 1.82) is 0 Å². The number of benzene rings is 2. The molecule has 5 heteroatoms. The molecule has 0 aliphatic heterocycles. The summed E-state index contributed by atoms with van der Waals surface area (Å²) < 4.78 is 0. The van der Waals surface area contributed by atoms with Gasteiger partial charge in [0, 0.05) is 18.8 Å². The lowest BCUT2D eigenvalue weighted by Gasteiger charge is -2.20. The first-order valence-electron chi connectivity index (χ1n) is 8.06. The number of amides is 1. The van der Waals surface area contributed by atoms with Crippen LogP contribution in [0, 0.1) is 0 Å². The van der Waals surface area contributed by atoms with E-state index in [1.165, 1.54) is 0 Å². The van der Waals surface area contributed by atoms with Crippen molar-refractivity contribution in [1.82, 2.24) is 5.43 Å². The molecule has 0 heterocycles. The molecule has 0 fully saturated rings. The number of nitrogens with zero attached hydrogens (tertiary/aromatic N) is 2. The number of hydrogen-bond acceptors (Lipinski definition) is 4. The number of rotatable bonds is 7. The number of nitrogens with one attached hydrogen (secondary N) is 1. The van der Waals surface area contributed by atoms with Gasteiger partial charge in [0.15, 0.2) is 6.10 Å². The fourth-order valence-electron chi connectivity index (χ4n) is 2.38. The van der Waals surface area contributed by atoms with Crippen LogP contribution in [-0.4, -0.2) is 30.3 Å². The maximum atomic E-state index is 11.9. The van der Waals surface area contributed by atoms with E-state index in [1.807, 2.05) is 30.3 Å². The zero-order chi connectivity index (χ0) is 17.4. The predicted molar refractivity (Wildman–Crippen MR) is 97.1 cm³/mol. The predicted octanol–water partition coefficient (Wildman–Crippen LogP) is 2.72. The Kier molecular flexibility index (Phi) is 6.51. The number of anilines is 1. The molecule has 0 spiro atoms. The standard InChI is InChI=1S/C19H23N3O2/c1-3-22(4-2)17-12-10-15(11-13-17)14-20-21-19(24)18(23)16-8-6-5-7-9-16/h5-14,18,23H,3-4H2,1-2H3,(H,21,24). The van der Waals surface area contributed by atoms with Crippen LogP contribution in [0.25, 0.3) is 0 Å². The summed E-state index contributed by atoms with van der Waals surface area (Å²) >= 11 is 0. The topological polar surface area (TPSA) is 64.9 Å². The fraction of sp³-hybridized carbons (Fsp3) is 0.263. The molecule has 2 N–H and O–H groups in total. The minimum Gasteiger partial charge on any atom is -0.378 e. The maximum absolute atomic E-state index is 11.9. The molecular weight excluding hydrogens is 302 g/mol. The number of hydrogen-bond donors (Lipinski definition) is 2. The van der Waals surface area contributed by atoms with E-state index in [0.29, 0.717) is 5.56 Å². The SMILES string of the molecule is CCN(CC)c1ccc(C=NNC(=O)C(O)c2ccccc2)cc1. The van der Waals surface area contributed by atoms with Gasteiger partial charge in [0.2, 0.25) is 0 Å². The maximum Gasteiger partial charge on any atom is 0.273 e. The minimum atomic E-state index is -1.23. The van der Waals surface area contributed by atoms with Crippen LogP contribution >= 0.6 is 0 Å².